The SMILES string of the molecule is CCOC(=O)C1CCN(C(=O)OCc2ccccc2)CCCC1=O.O=C1CCCN(C(=O)OCc2ccccc2)CCC1.[K+].[OH-]. The molecule has 2 fully saturated rings. The molecule has 0 radical (unpaired) electrons. The van der Waals surface area contributed by atoms with E-state index in [9.17, 15) is 24.0 Å². The summed E-state index contributed by atoms with van der Waals surface area (Å²) in [6.07, 6.45) is 2.98. The second-order valence-corrected chi connectivity index (χ2v) is 10.5. The number of carbonyl (C=O) groups excluding carboxylic acids is 5. The molecule has 45 heavy (non-hydrogen) atoms. The molecule has 1 unspecified atom stereocenters. The van der Waals surface area contributed by atoms with Gasteiger partial charge in [0.15, 0.2) is 0 Å². The van der Waals surface area contributed by atoms with Crippen LogP contribution in [0.2, 0.25) is 0 Å². The second kappa shape index (κ2) is 22.8. The summed E-state index contributed by atoms with van der Waals surface area (Å²) in [7, 11) is 0. The zero-order chi connectivity index (χ0) is 30.9. The maximum absolute atomic E-state index is 12.2. The minimum Gasteiger partial charge on any atom is -0.870 e. The van der Waals surface area contributed by atoms with Gasteiger partial charge in [-0.1, -0.05) is 60.7 Å². The topological polar surface area (TPSA) is 150 Å². The van der Waals surface area contributed by atoms with Gasteiger partial charge in [0.2, 0.25) is 0 Å². The van der Waals surface area contributed by atoms with Crippen molar-refractivity contribution in [3.8, 4) is 0 Å². The number of ketones is 2. The molecule has 4 rings (SSSR count). The first-order valence-corrected chi connectivity index (χ1v) is 15.0. The summed E-state index contributed by atoms with van der Waals surface area (Å²) in [5, 5.41) is 0. The van der Waals surface area contributed by atoms with E-state index in [1.165, 1.54) is 0 Å². The Morgan fingerprint density at radius 1 is 0.689 bits per heavy atom. The van der Waals surface area contributed by atoms with E-state index in [2.05, 4.69) is 0 Å². The van der Waals surface area contributed by atoms with E-state index in [1.807, 2.05) is 60.7 Å². The fourth-order valence-electron chi connectivity index (χ4n) is 4.83. The number of Topliss-reactive ketones (excluding diaryl/α,β-unsaturated/α-hetero) is 2. The summed E-state index contributed by atoms with van der Waals surface area (Å²) in [5.41, 5.74) is 1.90. The molecule has 1 atom stereocenters. The third-order valence-corrected chi connectivity index (χ3v) is 7.19. The molecule has 0 aliphatic carbocycles. The molecule has 2 aromatic carbocycles. The molecule has 2 aliphatic heterocycles. The minimum atomic E-state index is -0.783. The van der Waals surface area contributed by atoms with Gasteiger partial charge in [0.1, 0.15) is 30.7 Å². The predicted octanol–water partition coefficient (Wildman–Crippen LogP) is 2.15. The van der Waals surface area contributed by atoms with Crippen LogP contribution in [0.15, 0.2) is 60.7 Å². The normalized spacial score (nSPS) is 16.9. The number of hydrogen-bond acceptors (Lipinski definition) is 9. The maximum atomic E-state index is 12.2. The van der Waals surface area contributed by atoms with Crippen LogP contribution in [0.25, 0.3) is 0 Å². The largest absolute Gasteiger partial charge is 1.00 e. The summed E-state index contributed by atoms with van der Waals surface area (Å²) >= 11 is 0. The Labute approximate surface area is 307 Å². The second-order valence-electron chi connectivity index (χ2n) is 10.5. The number of carbonyl (C=O) groups is 5. The predicted molar refractivity (Wildman–Crippen MR) is 161 cm³/mol. The smallest absolute Gasteiger partial charge is 0.870 e. The quantitative estimate of drug-likeness (QED) is 0.198. The summed E-state index contributed by atoms with van der Waals surface area (Å²) in [6, 6.07) is 19.1. The zero-order valence-electron chi connectivity index (χ0n) is 26.4. The molecule has 2 aliphatic rings. The number of hydrogen-bond donors (Lipinski definition) is 0. The molecule has 2 saturated heterocycles. The minimum absolute atomic E-state index is 0. The van der Waals surface area contributed by atoms with Crippen molar-refractivity contribution in [2.45, 2.75) is 65.1 Å². The van der Waals surface area contributed by atoms with Crippen molar-refractivity contribution in [1.82, 2.24) is 9.80 Å². The molecule has 2 amide bonds. The summed E-state index contributed by atoms with van der Waals surface area (Å²) < 4.78 is 15.6. The summed E-state index contributed by atoms with van der Waals surface area (Å²) in [5.74, 6) is -1.08. The Hall–Kier alpha value is -2.61. The van der Waals surface area contributed by atoms with Crippen molar-refractivity contribution in [1.29, 1.82) is 0 Å². The van der Waals surface area contributed by atoms with Crippen LogP contribution >= 0.6 is 0 Å². The number of rotatable bonds is 6. The molecule has 2 aromatic rings. The van der Waals surface area contributed by atoms with Crippen molar-refractivity contribution < 1.29 is 95.0 Å². The molecule has 240 valence electrons. The fraction of sp³-hybridized carbons (Fsp3) is 0.485. The third kappa shape index (κ3) is 15.0. The number of benzene rings is 2. The Balaban J connectivity index is 0.000000441. The number of amides is 2. The molecule has 0 bridgehead atoms. The monoisotopic (exact) mass is 650 g/mol. The first-order chi connectivity index (χ1) is 20.9. The van der Waals surface area contributed by atoms with Crippen LogP contribution in [0.1, 0.15) is 63.0 Å². The van der Waals surface area contributed by atoms with Gasteiger partial charge in [-0.3, -0.25) is 14.4 Å². The Kier molecular flexibility index (Phi) is 20.5. The van der Waals surface area contributed by atoms with Gasteiger partial charge in [0.25, 0.3) is 0 Å². The average Bonchev–Trinajstić information content (AvgIpc) is 3.00. The van der Waals surface area contributed by atoms with E-state index in [-0.39, 0.29) is 94.8 Å². The zero-order valence-corrected chi connectivity index (χ0v) is 29.5. The molecule has 11 nitrogen and oxygen atoms in total. The number of ether oxygens (including phenoxy) is 3. The van der Waals surface area contributed by atoms with Crippen LogP contribution < -0.4 is 51.4 Å². The van der Waals surface area contributed by atoms with Crippen molar-refractivity contribution in [2.24, 2.45) is 5.92 Å². The number of esters is 1. The van der Waals surface area contributed by atoms with Gasteiger partial charge in [-0.15, -0.1) is 0 Å². The Bertz CT molecular complexity index is 1180. The van der Waals surface area contributed by atoms with E-state index in [1.54, 1.807) is 16.7 Å². The van der Waals surface area contributed by atoms with Crippen molar-refractivity contribution in [3.63, 3.8) is 0 Å². The maximum Gasteiger partial charge on any atom is 1.00 e. The Morgan fingerprint density at radius 3 is 1.60 bits per heavy atom. The first kappa shape index (κ1) is 40.4. The molecule has 0 spiro atoms. The van der Waals surface area contributed by atoms with Gasteiger partial charge >= 0.3 is 69.5 Å². The van der Waals surface area contributed by atoms with E-state index in [0.29, 0.717) is 57.8 Å². The van der Waals surface area contributed by atoms with Gasteiger partial charge in [0.05, 0.1) is 6.61 Å². The van der Waals surface area contributed by atoms with Crippen molar-refractivity contribution in [2.75, 3.05) is 32.8 Å². The van der Waals surface area contributed by atoms with E-state index in [0.717, 1.165) is 24.0 Å². The number of nitrogens with zero attached hydrogens (tertiary/aromatic N) is 2. The van der Waals surface area contributed by atoms with Gasteiger partial charge in [-0.05, 0) is 43.7 Å². The van der Waals surface area contributed by atoms with Crippen molar-refractivity contribution in [3.05, 3.63) is 71.8 Å². The standard InChI is InChI=1S/C18H23NO5.C15H19NO3.K.H2O/c1-2-23-17(21)15-10-12-19(11-6-9-16(15)20)18(22)24-13-14-7-4-3-5-8-14;17-14-8-4-10-16(11-5-9-14)15(18)19-12-13-6-2-1-3-7-13;;/h3-5,7-8,15H,2,6,9-13H2,1H3;1-3,6-7H,4-5,8-12H2;;1H2/q;;+1;/p-1. The van der Waals surface area contributed by atoms with Gasteiger partial charge in [0, 0.05) is 45.4 Å². The first-order valence-electron chi connectivity index (χ1n) is 15.0. The van der Waals surface area contributed by atoms with Crippen LogP contribution in [0.5, 0.6) is 0 Å². The van der Waals surface area contributed by atoms with Crippen LogP contribution in [0.4, 0.5) is 9.59 Å². The molecular weight excluding hydrogens is 607 g/mol. The van der Waals surface area contributed by atoms with E-state index in [4.69, 9.17) is 14.2 Å². The number of likely N-dealkylation sites (tertiary alicyclic amines) is 2. The molecule has 1 N–H and O–H groups in total. The van der Waals surface area contributed by atoms with Crippen LogP contribution in [0.3, 0.4) is 0 Å². The van der Waals surface area contributed by atoms with E-state index < -0.39 is 18.0 Å². The van der Waals surface area contributed by atoms with Crippen LogP contribution in [0, 0.1) is 5.92 Å². The average molecular weight is 651 g/mol. The summed E-state index contributed by atoms with van der Waals surface area (Å²) in [6.45, 7) is 4.44. The molecule has 2 heterocycles. The third-order valence-electron chi connectivity index (χ3n) is 7.19. The molecular formula is C33H43KN2O9. The van der Waals surface area contributed by atoms with Gasteiger partial charge in [-0.25, -0.2) is 9.59 Å². The van der Waals surface area contributed by atoms with Crippen molar-refractivity contribution >= 4 is 29.7 Å². The molecule has 0 aromatic heterocycles. The van der Waals surface area contributed by atoms with Crippen LogP contribution in [-0.4, -0.2) is 77.8 Å². The molecule has 12 heteroatoms. The Morgan fingerprint density at radius 2 is 1.13 bits per heavy atom. The van der Waals surface area contributed by atoms with Crippen LogP contribution in [-0.2, 0) is 41.8 Å². The summed E-state index contributed by atoms with van der Waals surface area (Å²) in [4.78, 5) is 62.6. The van der Waals surface area contributed by atoms with Gasteiger partial charge in [-0.2, -0.15) is 0 Å². The fourth-order valence-corrected chi connectivity index (χ4v) is 4.83. The van der Waals surface area contributed by atoms with Gasteiger partial charge < -0.3 is 29.5 Å². The molecule has 0 saturated carbocycles. The van der Waals surface area contributed by atoms with E-state index >= 15 is 0 Å².